The summed E-state index contributed by atoms with van der Waals surface area (Å²) >= 11 is 5.64. The molecule has 7 heteroatoms. The molecule has 2 aromatic heterocycles. The molecule has 0 N–H and O–H groups in total. The lowest BCUT2D eigenvalue weighted by Gasteiger charge is -2.35. The number of rotatable bonds is 5. The summed E-state index contributed by atoms with van der Waals surface area (Å²) in [6.45, 7) is 7.57. The van der Waals surface area contributed by atoms with Crippen LogP contribution >= 0.6 is 12.2 Å². The first kappa shape index (κ1) is 17.1. The third kappa shape index (κ3) is 3.32. The molecule has 0 unspecified atom stereocenters. The van der Waals surface area contributed by atoms with Gasteiger partial charge in [-0.1, -0.05) is 18.2 Å². The Morgan fingerprint density at radius 2 is 1.81 bits per heavy atom. The van der Waals surface area contributed by atoms with E-state index in [0.29, 0.717) is 6.67 Å². The standard InChI is InChI=1S/C19H23N5OS/c1-2-23-18(17-9-6-14-25-17)20-24(19(23)26)15-21-10-12-22(13-11-21)16-7-4-3-5-8-16/h3-9,14H,2,10-13,15H2,1H3. The zero-order valence-corrected chi connectivity index (χ0v) is 15.7. The van der Waals surface area contributed by atoms with Crippen LogP contribution in [0, 0.1) is 4.77 Å². The normalized spacial score (nSPS) is 15.5. The van der Waals surface area contributed by atoms with Gasteiger partial charge in [0.05, 0.1) is 12.9 Å². The van der Waals surface area contributed by atoms with E-state index in [-0.39, 0.29) is 0 Å². The molecule has 26 heavy (non-hydrogen) atoms. The Labute approximate surface area is 158 Å². The van der Waals surface area contributed by atoms with Crippen LogP contribution in [0.3, 0.4) is 0 Å². The third-order valence-corrected chi connectivity index (χ3v) is 5.24. The summed E-state index contributed by atoms with van der Waals surface area (Å²) in [5.74, 6) is 1.55. The number of hydrogen-bond donors (Lipinski definition) is 0. The van der Waals surface area contributed by atoms with Gasteiger partial charge in [-0.25, -0.2) is 4.68 Å². The minimum absolute atomic E-state index is 0.710. The van der Waals surface area contributed by atoms with E-state index in [1.807, 2.05) is 21.4 Å². The van der Waals surface area contributed by atoms with Crippen LogP contribution in [0.5, 0.6) is 0 Å². The predicted octanol–water partition coefficient (Wildman–Crippen LogP) is 3.47. The Bertz CT molecular complexity index is 892. The molecular formula is C19H23N5OS. The third-order valence-electron chi connectivity index (χ3n) is 4.81. The number of para-hydroxylation sites is 1. The highest BCUT2D eigenvalue weighted by molar-refractivity contribution is 7.71. The second kappa shape index (κ2) is 7.47. The van der Waals surface area contributed by atoms with E-state index in [2.05, 4.69) is 47.1 Å². The molecule has 0 spiro atoms. The molecule has 0 saturated carbocycles. The van der Waals surface area contributed by atoms with Crippen molar-refractivity contribution < 1.29 is 4.42 Å². The minimum atomic E-state index is 0.710. The molecule has 136 valence electrons. The number of anilines is 1. The molecule has 1 aliphatic heterocycles. The van der Waals surface area contributed by atoms with Crippen molar-refractivity contribution in [3.63, 3.8) is 0 Å². The van der Waals surface area contributed by atoms with Crippen molar-refractivity contribution in [2.24, 2.45) is 0 Å². The Balaban J connectivity index is 1.46. The van der Waals surface area contributed by atoms with Crippen LogP contribution in [0.15, 0.2) is 53.1 Å². The molecule has 0 aliphatic carbocycles. The van der Waals surface area contributed by atoms with Gasteiger partial charge in [0.1, 0.15) is 0 Å². The Hall–Kier alpha value is -2.38. The first-order valence-electron chi connectivity index (χ1n) is 9.00. The summed E-state index contributed by atoms with van der Waals surface area (Å²) in [6, 6.07) is 14.4. The molecule has 3 aromatic rings. The van der Waals surface area contributed by atoms with Crippen molar-refractivity contribution >= 4 is 17.9 Å². The van der Waals surface area contributed by atoms with Crippen molar-refractivity contribution in [1.82, 2.24) is 19.2 Å². The number of hydrogen-bond acceptors (Lipinski definition) is 5. The molecular weight excluding hydrogens is 346 g/mol. The average Bonchev–Trinajstić information content (AvgIpc) is 3.32. The zero-order chi connectivity index (χ0) is 17.9. The fraction of sp³-hybridized carbons (Fsp3) is 0.368. The number of piperazine rings is 1. The molecule has 1 aromatic carbocycles. The molecule has 6 nitrogen and oxygen atoms in total. The van der Waals surface area contributed by atoms with E-state index in [0.717, 1.165) is 49.1 Å². The molecule has 0 amide bonds. The van der Waals surface area contributed by atoms with E-state index in [9.17, 15) is 0 Å². The fourth-order valence-electron chi connectivity index (χ4n) is 3.38. The van der Waals surface area contributed by atoms with Crippen molar-refractivity contribution in [2.75, 3.05) is 31.1 Å². The number of furan rings is 1. The van der Waals surface area contributed by atoms with E-state index in [4.69, 9.17) is 21.7 Å². The summed E-state index contributed by atoms with van der Waals surface area (Å²) in [5, 5.41) is 4.72. The lowest BCUT2D eigenvalue weighted by molar-refractivity contribution is 0.194. The van der Waals surface area contributed by atoms with Crippen LogP contribution in [-0.2, 0) is 13.2 Å². The monoisotopic (exact) mass is 369 g/mol. The van der Waals surface area contributed by atoms with Gasteiger partial charge in [0.15, 0.2) is 16.4 Å². The first-order valence-corrected chi connectivity index (χ1v) is 9.41. The van der Waals surface area contributed by atoms with Gasteiger partial charge in [-0.2, -0.15) is 0 Å². The number of aromatic nitrogens is 3. The quantitative estimate of drug-likeness (QED) is 0.644. The van der Waals surface area contributed by atoms with Gasteiger partial charge in [0, 0.05) is 38.4 Å². The summed E-state index contributed by atoms with van der Waals surface area (Å²) in [6.07, 6.45) is 1.67. The maximum absolute atomic E-state index is 5.64. The number of nitrogens with zero attached hydrogens (tertiary/aromatic N) is 5. The second-order valence-corrected chi connectivity index (χ2v) is 6.77. The van der Waals surface area contributed by atoms with E-state index >= 15 is 0 Å². The van der Waals surface area contributed by atoms with Gasteiger partial charge in [0.25, 0.3) is 0 Å². The maximum Gasteiger partial charge on any atom is 0.199 e. The number of benzene rings is 1. The Kier molecular flexibility index (Phi) is 4.90. The Morgan fingerprint density at radius 1 is 1.04 bits per heavy atom. The van der Waals surface area contributed by atoms with Gasteiger partial charge >= 0.3 is 0 Å². The topological polar surface area (TPSA) is 42.4 Å². The molecule has 0 bridgehead atoms. The summed E-state index contributed by atoms with van der Waals surface area (Å²) in [7, 11) is 0. The van der Waals surface area contributed by atoms with E-state index in [1.165, 1.54) is 5.69 Å². The lowest BCUT2D eigenvalue weighted by Crippen LogP contribution is -2.47. The Morgan fingerprint density at radius 3 is 2.46 bits per heavy atom. The molecule has 1 fully saturated rings. The van der Waals surface area contributed by atoms with Crippen LogP contribution in [0.1, 0.15) is 6.92 Å². The van der Waals surface area contributed by atoms with Gasteiger partial charge in [0.2, 0.25) is 0 Å². The average molecular weight is 369 g/mol. The molecule has 4 rings (SSSR count). The van der Waals surface area contributed by atoms with Crippen LogP contribution < -0.4 is 4.90 Å². The van der Waals surface area contributed by atoms with Crippen molar-refractivity contribution in [3.8, 4) is 11.6 Å². The highest BCUT2D eigenvalue weighted by Gasteiger charge is 2.20. The van der Waals surface area contributed by atoms with Gasteiger partial charge in [-0.05, 0) is 43.4 Å². The van der Waals surface area contributed by atoms with Crippen molar-refractivity contribution in [1.29, 1.82) is 0 Å². The minimum Gasteiger partial charge on any atom is -0.461 e. The SMILES string of the molecule is CCn1c(-c2ccco2)nn(CN2CCN(c3ccccc3)CC2)c1=S. The fourth-order valence-corrected chi connectivity index (χ4v) is 3.70. The van der Waals surface area contributed by atoms with Crippen LogP contribution in [-0.4, -0.2) is 45.4 Å². The second-order valence-electron chi connectivity index (χ2n) is 6.41. The highest BCUT2D eigenvalue weighted by atomic mass is 32.1. The molecule has 1 aliphatic rings. The van der Waals surface area contributed by atoms with Crippen molar-refractivity contribution in [3.05, 3.63) is 53.5 Å². The molecule has 0 radical (unpaired) electrons. The highest BCUT2D eigenvalue weighted by Crippen LogP contribution is 2.20. The molecule has 3 heterocycles. The maximum atomic E-state index is 5.64. The van der Waals surface area contributed by atoms with E-state index in [1.54, 1.807) is 6.26 Å². The van der Waals surface area contributed by atoms with Gasteiger partial charge < -0.3 is 9.32 Å². The molecule has 0 atom stereocenters. The van der Waals surface area contributed by atoms with E-state index < -0.39 is 0 Å². The molecule has 1 saturated heterocycles. The van der Waals surface area contributed by atoms with Crippen LogP contribution in [0.4, 0.5) is 5.69 Å². The van der Waals surface area contributed by atoms with Gasteiger partial charge in [-0.15, -0.1) is 5.10 Å². The predicted molar refractivity (Wildman–Crippen MR) is 105 cm³/mol. The summed E-state index contributed by atoms with van der Waals surface area (Å²) in [5.41, 5.74) is 1.29. The largest absolute Gasteiger partial charge is 0.461 e. The smallest absolute Gasteiger partial charge is 0.199 e. The van der Waals surface area contributed by atoms with Crippen LogP contribution in [0.2, 0.25) is 0 Å². The summed E-state index contributed by atoms with van der Waals surface area (Å²) in [4.78, 5) is 4.82. The first-order chi connectivity index (χ1) is 12.8. The van der Waals surface area contributed by atoms with Gasteiger partial charge in [-0.3, -0.25) is 9.47 Å². The summed E-state index contributed by atoms with van der Waals surface area (Å²) < 4.78 is 10.2. The zero-order valence-electron chi connectivity index (χ0n) is 14.9. The van der Waals surface area contributed by atoms with Crippen molar-refractivity contribution in [2.45, 2.75) is 20.1 Å². The van der Waals surface area contributed by atoms with Crippen LogP contribution in [0.25, 0.3) is 11.6 Å². The lowest BCUT2D eigenvalue weighted by atomic mass is 10.2.